The number of rotatable bonds is 5. The van der Waals surface area contributed by atoms with E-state index in [4.69, 9.17) is 0 Å². The Bertz CT molecular complexity index is 1560. The Morgan fingerprint density at radius 1 is 1.00 bits per heavy atom. The lowest BCUT2D eigenvalue weighted by atomic mass is 10.0. The summed E-state index contributed by atoms with van der Waals surface area (Å²) in [5, 5.41) is 2.58. The predicted molar refractivity (Wildman–Crippen MR) is 155 cm³/mol. The van der Waals surface area contributed by atoms with Crippen LogP contribution in [-0.4, -0.2) is 70.1 Å². The molecule has 3 fully saturated rings. The molecule has 6 rings (SSSR count). The zero-order valence-corrected chi connectivity index (χ0v) is 24.1. The fourth-order valence-electron chi connectivity index (χ4n) is 6.66. The highest BCUT2D eigenvalue weighted by Crippen LogP contribution is 2.40. The molecule has 3 saturated heterocycles. The average molecular weight is 600 g/mol. The summed E-state index contributed by atoms with van der Waals surface area (Å²) < 4.78 is 57.0. The monoisotopic (exact) mass is 599 g/mol. The van der Waals surface area contributed by atoms with Crippen molar-refractivity contribution < 1.29 is 22.4 Å². The fourth-order valence-corrected chi connectivity index (χ4v) is 6.66. The zero-order valence-electron chi connectivity index (χ0n) is 24.1. The SMILES string of the molecule is CC1CN(c2cc(F)c(-c3cnc(N4C5CCC4CC5)nc3)cc2NC(=O)c2c[nH]c(=O)cc2C(F)(F)F)CC(C)N1C. The number of carbonyl (C=O) groups excluding carboxylic acids is 1. The van der Waals surface area contributed by atoms with Crippen LogP contribution in [0.5, 0.6) is 0 Å². The van der Waals surface area contributed by atoms with Gasteiger partial charge in [-0.25, -0.2) is 14.4 Å². The van der Waals surface area contributed by atoms with Gasteiger partial charge in [-0.15, -0.1) is 0 Å². The molecule has 5 heterocycles. The van der Waals surface area contributed by atoms with Gasteiger partial charge in [0.15, 0.2) is 0 Å². The molecular formula is C30H33F4N7O2. The highest BCUT2D eigenvalue weighted by atomic mass is 19.4. The van der Waals surface area contributed by atoms with E-state index in [1.165, 1.54) is 24.5 Å². The topological polar surface area (TPSA) is 97.5 Å². The molecule has 228 valence electrons. The molecule has 13 heteroatoms. The fraction of sp³-hybridized carbons (Fsp3) is 0.467. The number of benzene rings is 1. The van der Waals surface area contributed by atoms with E-state index >= 15 is 4.39 Å². The number of carbonyl (C=O) groups is 1. The van der Waals surface area contributed by atoms with Gasteiger partial charge in [0.25, 0.3) is 5.91 Å². The number of pyridine rings is 1. The number of piperazine rings is 1. The number of aromatic amines is 1. The number of likely N-dealkylation sites (N-methyl/N-ethyl adjacent to an activating group) is 1. The summed E-state index contributed by atoms with van der Waals surface area (Å²) in [4.78, 5) is 42.5. The van der Waals surface area contributed by atoms with Gasteiger partial charge in [0.2, 0.25) is 11.5 Å². The summed E-state index contributed by atoms with van der Waals surface area (Å²) in [5.41, 5.74) is -2.16. The molecule has 3 aliphatic rings. The van der Waals surface area contributed by atoms with E-state index in [0.717, 1.165) is 31.9 Å². The Labute approximate surface area is 245 Å². The van der Waals surface area contributed by atoms with Crippen molar-refractivity contribution in [3.05, 3.63) is 64.1 Å². The van der Waals surface area contributed by atoms with Crippen molar-refractivity contribution in [2.45, 2.75) is 69.9 Å². The first-order valence-corrected chi connectivity index (χ1v) is 14.4. The van der Waals surface area contributed by atoms with E-state index in [2.05, 4.69) is 30.1 Å². The maximum atomic E-state index is 15.8. The van der Waals surface area contributed by atoms with Gasteiger partial charge in [0, 0.05) is 73.0 Å². The van der Waals surface area contributed by atoms with Gasteiger partial charge in [-0.3, -0.25) is 14.5 Å². The summed E-state index contributed by atoms with van der Waals surface area (Å²) in [7, 11) is 1.99. The van der Waals surface area contributed by atoms with Crippen LogP contribution in [0.1, 0.15) is 55.5 Å². The third-order valence-electron chi connectivity index (χ3n) is 9.14. The Hall–Kier alpha value is -4.00. The number of anilines is 3. The van der Waals surface area contributed by atoms with Crippen molar-refractivity contribution in [3.63, 3.8) is 0 Å². The van der Waals surface area contributed by atoms with Gasteiger partial charge in [0.1, 0.15) is 5.82 Å². The maximum absolute atomic E-state index is 15.8. The van der Waals surface area contributed by atoms with Gasteiger partial charge in [-0.2, -0.15) is 13.2 Å². The molecular weight excluding hydrogens is 566 g/mol. The van der Waals surface area contributed by atoms with Crippen molar-refractivity contribution in [3.8, 4) is 11.1 Å². The quantitative estimate of drug-likeness (QED) is 0.403. The van der Waals surface area contributed by atoms with Crippen LogP contribution >= 0.6 is 0 Å². The first-order chi connectivity index (χ1) is 20.4. The van der Waals surface area contributed by atoms with Gasteiger partial charge >= 0.3 is 6.18 Å². The zero-order chi connectivity index (χ0) is 30.6. The number of aromatic nitrogens is 3. The highest BCUT2D eigenvalue weighted by Gasteiger charge is 2.41. The molecule has 0 saturated carbocycles. The van der Waals surface area contributed by atoms with Crippen LogP contribution in [0.3, 0.4) is 0 Å². The van der Waals surface area contributed by atoms with Crippen LogP contribution in [0.2, 0.25) is 0 Å². The normalized spacial score (nSPS) is 24.1. The van der Waals surface area contributed by atoms with Gasteiger partial charge < -0.3 is 20.1 Å². The summed E-state index contributed by atoms with van der Waals surface area (Å²) in [5.74, 6) is -1.07. The van der Waals surface area contributed by atoms with Crippen LogP contribution in [0.25, 0.3) is 11.1 Å². The van der Waals surface area contributed by atoms with Crippen LogP contribution < -0.4 is 20.7 Å². The molecule has 3 aliphatic heterocycles. The standard InChI is InChI=1S/C30H33F4N7O2/c1-16-14-40(15-17(2)39(16)3)26-10-24(31)21(18-11-36-29(37-12-18)41-19-4-5-20(41)7-6-19)8-25(26)38-28(43)22-13-35-27(42)9-23(22)30(32,33)34/h8-13,16-17,19-20H,4-7,14-15H2,1-3H3,(H,35,42)(H,38,43). The minimum Gasteiger partial charge on any atom is -0.367 e. The molecule has 9 nitrogen and oxygen atoms in total. The molecule has 2 bridgehead atoms. The number of nitrogens with zero attached hydrogens (tertiary/aromatic N) is 5. The second-order valence-electron chi connectivity index (χ2n) is 11.8. The Kier molecular flexibility index (Phi) is 7.39. The van der Waals surface area contributed by atoms with Crippen LogP contribution in [0.4, 0.5) is 34.9 Å². The summed E-state index contributed by atoms with van der Waals surface area (Å²) in [6, 6.07) is 4.06. The molecule has 2 atom stereocenters. The van der Waals surface area contributed by atoms with E-state index in [9.17, 15) is 22.8 Å². The van der Waals surface area contributed by atoms with Crippen molar-refractivity contribution in [1.82, 2.24) is 19.9 Å². The van der Waals surface area contributed by atoms with Crippen molar-refractivity contribution >= 4 is 23.2 Å². The summed E-state index contributed by atoms with van der Waals surface area (Å²) >= 11 is 0. The Balaban J connectivity index is 1.38. The van der Waals surface area contributed by atoms with E-state index in [-0.39, 0.29) is 23.3 Å². The number of halogens is 4. The van der Waals surface area contributed by atoms with Crippen molar-refractivity contribution in [2.75, 3.05) is 35.3 Å². The summed E-state index contributed by atoms with van der Waals surface area (Å²) in [6.07, 6.45) is 3.28. The number of alkyl halides is 3. The number of hydrogen-bond donors (Lipinski definition) is 2. The lowest BCUT2D eigenvalue weighted by Crippen LogP contribution is -2.55. The first-order valence-electron chi connectivity index (χ1n) is 14.4. The highest BCUT2D eigenvalue weighted by molar-refractivity contribution is 6.07. The lowest BCUT2D eigenvalue weighted by Gasteiger charge is -2.44. The molecule has 3 aromatic rings. The minimum absolute atomic E-state index is 0.0906. The van der Waals surface area contributed by atoms with E-state index in [1.54, 1.807) is 0 Å². The number of amides is 1. The average Bonchev–Trinajstić information content (AvgIpc) is 3.57. The van der Waals surface area contributed by atoms with Crippen molar-refractivity contribution in [2.24, 2.45) is 0 Å². The van der Waals surface area contributed by atoms with Gasteiger partial charge in [0.05, 0.1) is 22.5 Å². The predicted octanol–water partition coefficient (Wildman–Crippen LogP) is 4.90. The molecule has 1 aromatic carbocycles. The number of H-pyrrole nitrogens is 1. The van der Waals surface area contributed by atoms with Crippen LogP contribution in [0, 0.1) is 5.82 Å². The van der Waals surface area contributed by atoms with Gasteiger partial charge in [-0.1, -0.05) is 0 Å². The molecule has 2 aromatic heterocycles. The second kappa shape index (κ2) is 10.9. The Morgan fingerprint density at radius 2 is 1.60 bits per heavy atom. The third-order valence-corrected chi connectivity index (χ3v) is 9.14. The van der Waals surface area contributed by atoms with E-state index in [1.807, 2.05) is 25.8 Å². The Morgan fingerprint density at radius 3 is 2.19 bits per heavy atom. The second-order valence-corrected chi connectivity index (χ2v) is 11.8. The number of nitrogens with one attached hydrogen (secondary N) is 2. The molecule has 0 aliphatic carbocycles. The van der Waals surface area contributed by atoms with Crippen LogP contribution in [-0.2, 0) is 6.18 Å². The number of hydrogen-bond acceptors (Lipinski definition) is 7. The third kappa shape index (κ3) is 5.46. The van der Waals surface area contributed by atoms with E-state index < -0.39 is 34.6 Å². The largest absolute Gasteiger partial charge is 0.417 e. The maximum Gasteiger partial charge on any atom is 0.417 e. The molecule has 0 radical (unpaired) electrons. The molecule has 0 spiro atoms. The molecule has 2 unspecified atom stereocenters. The smallest absolute Gasteiger partial charge is 0.367 e. The summed E-state index contributed by atoms with van der Waals surface area (Å²) in [6.45, 7) is 5.05. The molecule has 43 heavy (non-hydrogen) atoms. The van der Waals surface area contributed by atoms with Crippen molar-refractivity contribution in [1.29, 1.82) is 0 Å². The minimum atomic E-state index is -4.94. The van der Waals surface area contributed by atoms with Crippen LogP contribution in [0.15, 0.2) is 41.6 Å². The van der Waals surface area contributed by atoms with Gasteiger partial charge in [-0.05, 0) is 58.7 Å². The molecule has 1 amide bonds. The number of fused-ring (bicyclic) bond motifs is 2. The van der Waals surface area contributed by atoms with E-state index in [0.29, 0.717) is 48.4 Å². The molecule has 2 N–H and O–H groups in total. The lowest BCUT2D eigenvalue weighted by molar-refractivity contribution is -0.138. The first kappa shape index (κ1) is 29.1.